The molecule has 11 heteroatoms. The van der Waals surface area contributed by atoms with E-state index in [0.29, 0.717) is 19.5 Å². The first-order valence-corrected chi connectivity index (χ1v) is 9.76. The van der Waals surface area contributed by atoms with E-state index < -0.39 is 60.9 Å². The number of amides is 1. The van der Waals surface area contributed by atoms with E-state index in [2.05, 4.69) is 10.6 Å². The van der Waals surface area contributed by atoms with Gasteiger partial charge in [0.25, 0.3) is 0 Å². The topological polar surface area (TPSA) is 193 Å². The number of hydrogen-bond acceptors (Lipinski definition) is 10. The first-order chi connectivity index (χ1) is 13.3. The molecule has 2 rings (SSSR count). The summed E-state index contributed by atoms with van der Waals surface area (Å²) in [6.07, 6.45) is -5.94. The van der Waals surface area contributed by atoms with E-state index in [1.54, 1.807) is 0 Å². The van der Waals surface area contributed by atoms with Gasteiger partial charge in [-0.25, -0.2) is 0 Å². The van der Waals surface area contributed by atoms with Crippen LogP contribution in [0.15, 0.2) is 0 Å². The van der Waals surface area contributed by atoms with E-state index in [-0.39, 0.29) is 19.4 Å². The summed E-state index contributed by atoms with van der Waals surface area (Å²) in [6.45, 7) is 2.76. The molecule has 10 N–H and O–H groups in total. The summed E-state index contributed by atoms with van der Waals surface area (Å²) in [7, 11) is 0. The summed E-state index contributed by atoms with van der Waals surface area (Å²) >= 11 is 0. The van der Waals surface area contributed by atoms with Crippen LogP contribution in [0.2, 0.25) is 0 Å². The van der Waals surface area contributed by atoms with Gasteiger partial charge in [0.05, 0.1) is 12.2 Å². The molecule has 1 unspecified atom stereocenters. The highest BCUT2D eigenvalue weighted by molar-refractivity contribution is 5.81. The minimum absolute atomic E-state index is 0.0581. The first kappa shape index (κ1) is 23.4. The fraction of sp³-hybridized carbons (Fsp3) is 0.941. The quantitative estimate of drug-likeness (QED) is 0.197. The van der Waals surface area contributed by atoms with Crippen LogP contribution in [0.5, 0.6) is 0 Å². The molecule has 28 heavy (non-hydrogen) atoms. The molecule has 164 valence electrons. The number of hydrogen-bond donors (Lipinski definition) is 8. The van der Waals surface area contributed by atoms with Gasteiger partial charge in [-0.2, -0.15) is 0 Å². The second-order valence-corrected chi connectivity index (χ2v) is 7.47. The number of carbonyl (C=O) groups is 1. The van der Waals surface area contributed by atoms with E-state index >= 15 is 0 Å². The number of nitrogens with one attached hydrogen (secondary N) is 2. The first-order valence-electron chi connectivity index (χ1n) is 9.76. The van der Waals surface area contributed by atoms with E-state index in [4.69, 9.17) is 20.9 Å². The highest BCUT2D eigenvalue weighted by Crippen LogP contribution is 2.27. The maximum absolute atomic E-state index is 11.8. The summed E-state index contributed by atoms with van der Waals surface area (Å²) in [6, 6.07) is -1.01. The molecule has 1 saturated heterocycles. The molecule has 11 nitrogen and oxygen atoms in total. The molecule has 9 atom stereocenters. The second kappa shape index (κ2) is 10.8. The number of carbonyl (C=O) groups excluding carboxylic acids is 1. The third-order valence-corrected chi connectivity index (χ3v) is 5.20. The van der Waals surface area contributed by atoms with Crippen molar-refractivity contribution in [1.82, 2.24) is 10.6 Å². The molecule has 1 amide bonds. The summed E-state index contributed by atoms with van der Waals surface area (Å²) < 4.78 is 11.6. The van der Waals surface area contributed by atoms with Gasteiger partial charge in [-0.3, -0.25) is 4.79 Å². The Balaban J connectivity index is 1.91. The fourth-order valence-corrected chi connectivity index (χ4v) is 3.62. The zero-order chi connectivity index (χ0) is 20.8. The number of likely N-dealkylation sites (N-methyl/N-ethyl adjacent to an activating group) is 1. The third kappa shape index (κ3) is 6.05. The van der Waals surface area contributed by atoms with Crippen LogP contribution in [0.1, 0.15) is 26.2 Å². The molecule has 0 bridgehead atoms. The molecular formula is C17H34N4O7. The monoisotopic (exact) mass is 406 g/mol. The lowest BCUT2D eigenvalue weighted by atomic mass is 9.86. The van der Waals surface area contributed by atoms with Gasteiger partial charge in [0.15, 0.2) is 6.29 Å². The molecule has 2 aliphatic rings. The van der Waals surface area contributed by atoms with Gasteiger partial charge in [0.2, 0.25) is 5.91 Å². The lowest BCUT2D eigenvalue weighted by Gasteiger charge is -2.43. The SMILES string of the molecule is CCNC[C@H]1O[C@H](OC2[C@H](O)C[C@H](NC(=O)[C@@H](O)CN)C[C@@H]2N)C[C@@H](O)[C@@H]1O. The number of aliphatic hydroxyl groups excluding tert-OH is 4. The van der Waals surface area contributed by atoms with Crippen LogP contribution >= 0.6 is 0 Å². The number of rotatable bonds is 8. The molecule has 0 radical (unpaired) electrons. The zero-order valence-electron chi connectivity index (χ0n) is 16.1. The normalized spacial score (nSPS) is 40.1. The average molecular weight is 406 g/mol. The van der Waals surface area contributed by atoms with Crippen molar-refractivity contribution in [3.8, 4) is 0 Å². The number of aliphatic hydroxyl groups is 4. The van der Waals surface area contributed by atoms with Crippen LogP contribution in [0.4, 0.5) is 0 Å². The summed E-state index contributed by atoms with van der Waals surface area (Å²) in [5, 5.41) is 45.7. The Kier molecular flexibility index (Phi) is 8.99. The predicted octanol–water partition coefficient (Wildman–Crippen LogP) is -3.90. The van der Waals surface area contributed by atoms with Gasteiger partial charge >= 0.3 is 0 Å². The molecule has 1 aliphatic carbocycles. The van der Waals surface area contributed by atoms with Crippen molar-refractivity contribution in [2.75, 3.05) is 19.6 Å². The zero-order valence-corrected chi connectivity index (χ0v) is 16.1. The molecule has 1 saturated carbocycles. The molecule has 2 fully saturated rings. The van der Waals surface area contributed by atoms with Crippen LogP contribution in [0.3, 0.4) is 0 Å². The average Bonchev–Trinajstić information content (AvgIpc) is 2.65. The van der Waals surface area contributed by atoms with Crippen molar-refractivity contribution in [2.45, 2.75) is 81.2 Å². The van der Waals surface area contributed by atoms with Gasteiger partial charge < -0.3 is 52.0 Å². The smallest absolute Gasteiger partial charge is 0.250 e. The van der Waals surface area contributed by atoms with Gasteiger partial charge in [-0.05, 0) is 19.4 Å². The van der Waals surface area contributed by atoms with E-state index in [1.807, 2.05) is 6.92 Å². The minimum atomic E-state index is -1.31. The molecule has 0 spiro atoms. The van der Waals surface area contributed by atoms with Crippen molar-refractivity contribution < 1.29 is 34.7 Å². The Morgan fingerprint density at radius 3 is 2.57 bits per heavy atom. The lowest BCUT2D eigenvalue weighted by molar-refractivity contribution is -0.276. The van der Waals surface area contributed by atoms with Crippen molar-refractivity contribution in [3.63, 3.8) is 0 Å². The summed E-state index contributed by atoms with van der Waals surface area (Å²) in [5.41, 5.74) is 11.4. The van der Waals surface area contributed by atoms with Crippen molar-refractivity contribution in [1.29, 1.82) is 0 Å². The van der Waals surface area contributed by atoms with Crippen molar-refractivity contribution in [2.24, 2.45) is 11.5 Å². The predicted molar refractivity (Wildman–Crippen MR) is 98.9 cm³/mol. The van der Waals surface area contributed by atoms with Gasteiger partial charge in [0.1, 0.15) is 24.4 Å². The van der Waals surface area contributed by atoms with Crippen LogP contribution < -0.4 is 22.1 Å². The second-order valence-electron chi connectivity index (χ2n) is 7.47. The minimum Gasteiger partial charge on any atom is -0.390 e. The number of nitrogens with two attached hydrogens (primary N) is 2. The molecular weight excluding hydrogens is 372 g/mol. The maximum Gasteiger partial charge on any atom is 0.250 e. The Bertz CT molecular complexity index is 488. The summed E-state index contributed by atoms with van der Waals surface area (Å²) in [5.74, 6) is -0.606. The van der Waals surface area contributed by atoms with Crippen LogP contribution in [-0.2, 0) is 14.3 Å². The van der Waals surface area contributed by atoms with Gasteiger partial charge in [-0.1, -0.05) is 6.92 Å². The van der Waals surface area contributed by atoms with E-state index in [0.717, 1.165) is 0 Å². The Hall–Kier alpha value is -0.890. The largest absolute Gasteiger partial charge is 0.390 e. The Morgan fingerprint density at radius 1 is 1.25 bits per heavy atom. The highest BCUT2D eigenvalue weighted by Gasteiger charge is 2.42. The van der Waals surface area contributed by atoms with Gasteiger partial charge in [0, 0.05) is 31.6 Å². The van der Waals surface area contributed by atoms with Crippen LogP contribution in [-0.4, -0.2) is 101 Å². The molecule has 0 aromatic carbocycles. The lowest BCUT2D eigenvalue weighted by Crippen LogP contribution is -2.59. The maximum atomic E-state index is 11.8. The molecule has 1 heterocycles. The van der Waals surface area contributed by atoms with Crippen LogP contribution in [0.25, 0.3) is 0 Å². The van der Waals surface area contributed by atoms with Crippen molar-refractivity contribution in [3.05, 3.63) is 0 Å². The van der Waals surface area contributed by atoms with Gasteiger partial charge in [-0.15, -0.1) is 0 Å². The third-order valence-electron chi connectivity index (χ3n) is 5.20. The van der Waals surface area contributed by atoms with E-state index in [1.165, 1.54) is 0 Å². The molecule has 0 aromatic rings. The van der Waals surface area contributed by atoms with Crippen molar-refractivity contribution >= 4 is 5.91 Å². The Labute approximate surface area is 164 Å². The highest BCUT2D eigenvalue weighted by atomic mass is 16.7. The fourth-order valence-electron chi connectivity index (χ4n) is 3.62. The molecule has 0 aromatic heterocycles. The standard InChI is InChI=1S/C17H34N4O7/c1-2-20-7-13-15(25)10(22)5-14(27-13)28-16-9(19)3-8(4-11(16)23)21-17(26)12(24)6-18/h8-16,20,22-25H,2-7,18-19H2,1H3,(H,21,26)/t8-,9+,10-,11-,12+,13-,14-,15+,16?/m1/s1. The number of ether oxygens (including phenoxy) is 2. The van der Waals surface area contributed by atoms with E-state index in [9.17, 15) is 25.2 Å². The Morgan fingerprint density at radius 2 is 1.96 bits per heavy atom. The molecule has 1 aliphatic heterocycles. The summed E-state index contributed by atoms with van der Waals surface area (Å²) in [4.78, 5) is 11.8. The van der Waals surface area contributed by atoms with Crippen LogP contribution in [0, 0.1) is 0 Å².